The molecule has 126 valence electrons. The molecule has 1 aliphatic carbocycles. The van der Waals surface area contributed by atoms with Crippen LogP contribution >= 0.6 is 0 Å². The van der Waals surface area contributed by atoms with E-state index >= 15 is 0 Å². The van der Waals surface area contributed by atoms with E-state index in [9.17, 15) is 4.79 Å². The number of likely N-dealkylation sites (N-methyl/N-ethyl adjacent to an activating group) is 1. The summed E-state index contributed by atoms with van der Waals surface area (Å²) in [6, 6.07) is 9.27. The van der Waals surface area contributed by atoms with Gasteiger partial charge in [-0.2, -0.15) is 0 Å². The molecule has 4 heteroatoms. The van der Waals surface area contributed by atoms with E-state index in [4.69, 9.17) is 0 Å². The number of hydrogen-bond acceptors (Lipinski definition) is 2. The number of para-hydroxylation sites is 1. The summed E-state index contributed by atoms with van der Waals surface area (Å²) in [5, 5.41) is 3.66. The molecule has 3 heterocycles. The number of piperidine rings is 1. The standard InChI is InChI=1S/C20H22N2O.ClH/c1-3-13-11-22(2)9-8-20-16-6-4-5-7-17(16)21-19(20)15(12-23)14(13)10-18(20)22;/h3-7,12,14,18H,8-11H2,1-2H3;1H/t14-,18-,20-,22?;/m1./s1. The number of aldehydes is 1. The van der Waals surface area contributed by atoms with E-state index in [0.29, 0.717) is 12.0 Å². The van der Waals surface area contributed by atoms with Gasteiger partial charge in [0.05, 0.1) is 19.0 Å². The minimum atomic E-state index is 0. The maximum Gasteiger partial charge on any atom is 0.148 e. The van der Waals surface area contributed by atoms with Crippen LogP contribution in [-0.2, 0) is 10.2 Å². The van der Waals surface area contributed by atoms with Crippen molar-refractivity contribution in [3.8, 4) is 0 Å². The molecule has 1 N–H and O–H groups in total. The fourth-order valence-corrected chi connectivity index (χ4v) is 6.07. The van der Waals surface area contributed by atoms with Crippen molar-refractivity contribution in [3.05, 3.63) is 52.7 Å². The first-order chi connectivity index (χ1) is 11.1. The average Bonchev–Trinajstić information content (AvgIpc) is 3.08. The number of nitrogens with one attached hydrogen (secondary N) is 1. The number of benzene rings is 1. The Balaban J connectivity index is 0.00000146. The zero-order valence-corrected chi connectivity index (χ0v) is 14.9. The summed E-state index contributed by atoms with van der Waals surface area (Å²) in [5.74, 6) is 0.316. The molecule has 24 heavy (non-hydrogen) atoms. The van der Waals surface area contributed by atoms with Crippen molar-refractivity contribution in [1.82, 2.24) is 0 Å². The van der Waals surface area contributed by atoms with E-state index in [0.717, 1.165) is 35.7 Å². The Kier molecular flexibility index (Phi) is 3.29. The summed E-state index contributed by atoms with van der Waals surface area (Å²) >= 11 is 0. The summed E-state index contributed by atoms with van der Waals surface area (Å²) < 4.78 is 1.13. The zero-order chi connectivity index (χ0) is 15.8. The number of fused-ring (bicyclic) bond motifs is 2. The van der Waals surface area contributed by atoms with Crippen LogP contribution < -0.4 is 17.7 Å². The van der Waals surface area contributed by atoms with Crippen molar-refractivity contribution in [2.24, 2.45) is 5.92 Å². The van der Waals surface area contributed by atoms with Crippen molar-refractivity contribution in [1.29, 1.82) is 0 Å². The van der Waals surface area contributed by atoms with Crippen LogP contribution in [0.5, 0.6) is 0 Å². The van der Waals surface area contributed by atoms with Crippen LogP contribution in [0.25, 0.3) is 0 Å². The largest absolute Gasteiger partial charge is 1.00 e. The molecular formula is C20H23ClN2O. The maximum atomic E-state index is 12.0. The van der Waals surface area contributed by atoms with E-state index < -0.39 is 0 Å². The molecule has 2 saturated heterocycles. The van der Waals surface area contributed by atoms with Gasteiger partial charge in [-0.3, -0.25) is 4.79 Å². The second-order valence-corrected chi connectivity index (χ2v) is 7.87. The van der Waals surface area contributed by atoms with E-state index in [1.807, 2.05) is 0 Å². The van der Waals surface area contributed by atoms with Gasteiger partial charge in [-0.25, -0.2) is 0 Å². The van der Waals surface area contributed by atoms with Crippen LogP contribution in [-0.4, -0.2) is 36.9 Å². The fraction of sp³-hybridized carbons (Fsp3) is 0.450. The Bertz CT molecular complexity index is 799. The van der Waals surface area contributed by atoms with Gasteiger partial charge in [0.2, 0.25) is 0 Å². The Labute approximate surface area is 149 Å². The van der Waals surface area contributed by atoms with Crippen molar-refractivity contribution in [2.45, 2.75) is 31.2 Å². The van der Waals surface area contributed by atoms with Crippen LogP contribution in [0.2, 0.25) is 0 Å². The van der Waals surface area contributed by atoms with Crippen LogP contribution in [0.1, 0.15) is 25.3 Å². The normalized spacial score (nSPS) is 39.8. The highest BCUT2D eigenvalue weighted by molar-refractivity contribution is 5.84. The molecule has 0 saturated carbocycles. The van der Waals surface area contributed by atoms with Crippen LogP contribution in [0, 0.1) is 5.92 Å². The first-order valence-corrected chi connectivity index (χ1v) is 8.70. The molecule has 3 aliphatic heterocycles. The third-order valence-electron chi connectivity index (χ3n) is 7.06. The first kappa shape index (κ1) is 15.9. The smallest absolute Gasteiger partial charge is 0.148 e. The summed E-state index contributed by atoms with van der Waals surface area (Å²) in [7, 11) is 2.42. The summed E-state index contributed by atoms with van der Waals surface area (Å²) in [6.07, 6.45) is 5.65. The first-order valence-electron chi connectivity index (χ1n) is 8.70. The van der Waals surface area contributed by atoms with E-state index in [1.165, 1.54) is 29.1 Å². The molecule has 0 radical (unpaired) electrons. The van der Waals surface area contributed by atoms with Gasteiger partial charge in [0.25, 0.3) is 0 Å². The predicted octanol–water partition coefficient (Wildman–Crippen LogP) is 0.00560. The summed E-state index contributed by atoms with van der Waals surface area (Å²) in [4.78, 5) is 12.0. The van der Waals surface area contributed by atoms with Gasteiger partial charge in [0.15, 0.2) is 0 Å². The second kappa shape index (κ2) is 4.96. The molecule has 3 nitrogen and oxygen atoms in total. The van der Waals surface area contributed by atoms with Crippen LogP contribution in [0.4, 0.5) is 5.69 Å². The molecule has 1 spiro atoms. The third-order valence-corrected chi connectivity index (χ3v) is 7.06. The van der Waals surface area contributed by atoms with E-state index in [2.05, 4.69) is 49.6 Å². The topological polar surface area (TPSA) is 29.1 Å². The second-order valence-electron chi connectivity index (χ2n) is 7.87. The number of hydrogen-bond donors (Lipinski definition) is 1. The Morgan fingerprint density at radius 2 is 2.12 bits per heavy atom. The predicted molar refractivity (Wildman–Crippen MR) is 91.0 cm³/mol. The minimum Gasteiger partial charge on any atom is -1.00 e. The van der Waals surface area contributed by atoms with Gasteiger partial charge in [-0.15, -0.1) is 0 Å². The lowest BCUT2D eigenvalue weighted by Gasteiger charge is -2.51. The molecule has 1 aromatic carbocycles. The molecule has 4 atom stereocenters. The molecular weight excluding hydrogens is 320 g/mol. The van der Waals surface area contributed by atoms with Crippen molar-refractivity contribution in [3.63, 3.8) is 0 Å². The number of quaternary nitrogens is 1. The van der Waals surface area contributed by atoms with Crippen molar-refractivity contribution in [2.75, 3.05) is 25.5 Å². The number of carbonyl (C=O) groups excluding carboxylic acids is 1. The quantitative estimate of drug-likeness (QED) is 0.442. The minimum absolute atomic E-state index is 0. The molecule has 1 unspecified atom stereocenters. The Hall–Kier alpha value is -1.58. The molecule has 2 fully saturated rings. The van der Waals surface area contributed by atoms with Crippen molar-refractivity contribution < 1.29 is 21.7 Å². The van der Waals surface area contributed by atoms with E-state index in [-0.39, 0.29) is 17.8 Å². The van der Waals surface area contributed by atoms with Gasteiger partial charge in [-0.1, -0.05) is 24.3 Å². The lowest BCUT2D eigenvalue weighted by atomic mass is 9.61. The SMILES string of the molecule is CC=C1C[N+]2(C)CC[C@]34C(=C(C=O)[C@@H]1C[C@H]32)Nc1ccccc14.[Cl-]. The number of nitrogens with zero attached hydrogens (tertiary/aromatic N) is 1. The molecule has 1 aromatic rings. The zero-order valence-electron chi connectivity index (χ0n) is 14.2. The molecule has 0 aromatic heterocycles. The molecule has 2 bridgehead atoms. The Morgan fingerprint density at radius 3 is 2.88 bits per heavy atom. The summed E-state index contributed by atoms with van der Waals surface area (Å²) in [5.41, 5.74) is 6.35. The fourth-order valence-electron chi connectivity index (χ4n) is 6.07. The maximum absolute atomic E-state index is 12.0. The third kappa shape index (κ3) is 1.60. The lowest BCUT2D eigenvalue weighted by molar-refractivity contribution is -0.923. The van der Waals surface area contributed by atoms with Gasteiger partial charge in [0, 0.05) is 35.7 Å². The lowest BCUT2D eigenvalue weighted by Crippen LogP contribution is -3.00. The van der Waals surface area contributed by atoms with Crippen LogP contribution in [0.3, 0.4) is 0 Å². The van der Waals surface area contributed by atoms with Gasteiger partial charge >= 0.3 is 0 Å². The Morgan fingerprint density at radius 1 is 1.33 bits per heavy atom. The highest BCUT2D eigenvalue weighted by Gasteiger charge is 2.67. The number of anilines is 1. The average molecular weight is 343 g/mol. The van der Waals surface area contributed by atoms with Gasteiger partial charge < -0.3 is 22.2 Å². The molecule has 4 aliphatic rings. The molecule has 0 amide bonds. The number of carbonyl (C=O) groups is 1. The number of halogens is 1. The summed E-state index contributed by atoms with van der Waals surface area (Å²) in [6.45, 7) is 4.42. The van der Waals surface area contributed by atoms with Crippen molar-refractivity contribution >= 4 is 12.0 Å². The van der Waals surface area contributed by atoms with Crippen LogP contribution in [0.15, 0.2) is 47.2 Å². The highest BCUT2D eigenvalue weighted by Crippen LogP contribution is 2.62. The van der Waals surface area contributed by atoms with Gasteiger partial charge in [0.1, 0.15) is 18.9 Å². The highest BCUT2D eigenvalue weighted by atomic mass is 35.5. The van der Waals surface area contributed by atoms with E-state index in [1.54, 1.807) is 0 Å². The molecule has 5 rings (SSSR count). The number of allylic oxidation sites excluding steroid dienone is 2. The van der Waals surface area contributed by atoms with Gasteiger partial charge in [-0.05, 0) is 24.1 Å². The number of rotatable bonds is 1. The monoisotopic (exact) mass is 342 g/mol.